The number of thioether (sulfide) groups is 1. The lowest BCUT2D eigenvalue weighted by Crippen LogP contribution is -2.36. The van der Waals surface area contributed by atoms with Gasteiger partial charge in [0, 0.05) is 35.7 Å². The molecule has 0 bridgehead atoms. The Labute approximate surface area is 158 Å². The second-order valence-electron chi connectivity index (χ2n) is 7.22. The molecule has 0 atom stereocenters. The molecule has 0 saturated carbocycles. The molecule has 1 aliphatic rings. The SMILES string of the molecule is Cc1ncc(C(C)(C)O)c(C2CCN(C(=O)Sc3ccccc3)CC2)n1. The van der Waals surface area contributed by atoms with Gasteiger partial charge in [0.05, 0.1) is 11.3 Å². The number of aryl methyl sites for hydroxylation is 1. The lowest BCUT2D eigenvalue weighted by atomic mass is 9.86. The first-order valence-corrected chi connectivity index (χ1v) is 9.74. The maximum atomic E-state index is 12.5. The summed E-state index contributed by atoms with van der Waals surface area (Å²) in [6, 6.07) is 9.74. The summed E-state index contributed by atoms with van der Waals surface area (Å²) in [5, 5.41) is 10.5. The van der Waals surface area contributed by atoms with Crippen molar-refractivity contribution in [1.82, 2.24) is 14.9 Å². The molecular weight excluding hydrogens is 346 g/mol. The van der Waals surface area contributed by atoms with Crippen LogP contribution in [-0.4, -0.2) is 38.3 Å². The topological polar surface area (TPSA) is 66.3 Å². The second kappa shape index (κ2) is 7.76. The highest BCUT2D eigenvalue weighted by Crippen LogP contribution is 2.34. The van der Waals surface area contributed by atoms with Crippen molar-refractivity contribution in [3.63, 3.8) is 0 Å². The fourth-order valence-electron chi connectivity index (χ4n) is 3.26. The van der Waals surface area contributed by atoms with E-state index in [2.05, 4.69) is 9.97 Å². The molecule has 26 heavy (non-hydrogen) atoms. The monoisotopic (exact) mass is 371 g/mol. The van der Waals surface area contributed by atoms with Crippen molar-refractivity contribution in [2.75, 3.05) is 13.1 Å². The Morgan fingerprint density at radius 1 is 1.23 bits per heavy atom. The molecule has 1 aromatic heterocycles. The van der Waals surface area contributed by atoms with E-state index in [4.69, 9.17) is 0 Å². The fraction of sp³-hybridized carbons (Fsp3) is 0.450. The number of benzene rings is 1. The van der Waals surface area contributed by atoms with E-state index in [0.29, 0.717) is 18.9 Å². The van der Waals surface area contributed by atoms with Crippen LogP contribution in [-0.2, 0) is 5.60 Å². The zero-order chi connectivity index (χ0) is 18.7. The highest BCUT2D eigenvalue weighted by atomic mass is 32.2. The summed E-state index contributed by atoms with van der Waals surface area (Å²) >= 11 is 1.28. The molecule has 5 nitrogen and oxygen atoms in total. The number of amides is 1. The van der Waals surface area contributed by atoms with Crippen molar-refractivity contribution in [3.05, 3.63) is 53.6 Å². The molecule has 1 amide bonds. The van der Waals surface area contributed by atoms with Crippen molar-refractivity contribution in [1.29, 1.82) is 0 Å². The van der Waals surface area contributed by atoms with Crippen molar-refractivity contribution >= 4 is 17.0 Å². The van der Waals surface area contributed by atoms with Gasteiger partial charge in [0.1, 0.15) is 5.82 Å². The van der Waals surface area contributed by atoms with Gasteiger partial charge in [-0.2, -0.15) is 0 Å². The molecule has 0 aliphatic carbocycles. The summed E-state index contributed by atoms with van der Waals surface area (Å²) in [5.41, 5.74) is 0.735. The Morgan fingerprint density at radius 2 is 1.88 bits per heavy atom. The van der Waals surface area contributed by atoms with Gasteiger partial charge in [-0.25, -0.2) is 9.97 Å². The van der Waals surface area contributed by atoms with Crippen LogP contribution in [0.4, 0.5) is 4.79 Å². The van der Waals surface area contributed by atoms with E-state index in [9.17, 15) is 9.90 Å². The van der Waals surface area contributed by atoms with E-state index in [0.717, 1.165) is 29.0 Å². The van der Waals surface area contributed by atoms with E-state index in [1.54, 1.807) is 20.0 Å². The molecule has 1 fully saturated rings. The quantitative estimate of drug-likeness (QED) is 0.823. The smallest absolute Gasteiger partial charge is 0.286 e. The number of nitrogens with zero attached hydrogens (tertiary/aromatic N) is 3. The number of likely N-dealkylation sites (tertiary alicyclic amines) is 1. The molecule has 138 valence electrons. The van der Waals surface area contributed by atoms with Gasteiger partial charge in [-0.05, 0) is 57.5 Å². The molecular formula is C20H25N3O2S. The lowest BCUT2D eigenvalue weighted by Gasteiger charge is -2.33. The molecule has 1 aliphatic heterocycles. The fourth-order valence-corrected chi connectivity index (χ4v) is 4.07. The van der Waals surface area contributed by atoms with E-state index in [1.807, 2.05) is 42.2 Å². The third-order valence-corrected chi connectivity index (χ3v) is 5.63. The zero-order valence-electron chi connectivity index (χ0n) is 15.5. The number of carbonyl (C=O) groups is 1. The first-order valence-electron chi connectivity index (χ1n) is 8.93. The second-order valence-corrected chi connectivity index (χ2v) is 8.24. The molecule has 0 spiro atoms. The van der Waals surface area contributed by atoms with Crippen molar-refractivity contribution < 1.29 is 9.90 Å². The Balaban J connectivity index is 1.67. The predicted molar refractivity (Wildman–Crippen MR) is 103 cm³/mol. The highest BCUT2D eigenvalue weighted by molar-refractivity contribution is 8.13. The third-order valence-electron chi connectivity index (χ3n) is 4.69. The number of hydrogen-bond donors (Lipinski definition) is 1. The largest absolute Gasteiger partial charge is 0.386 e. The van der Waals surface area contributed by atoms with E-state index < -0.39 is 5.60 Å². The number of aliphatic hydroxyl groups is 1. The summed E-state index contributed by atoms with van der Waals surface area (Å²) in [4.78, 5) is 24.3. The van der Waals surface area contributed by atoms with E-state index >= 15 is 0 Å². The van der Waals surface area contributed by atoms with Gasteiger partial charge in [0.15, 0.2) is 0 Å². The lowest BCUT2D eigenvalue weighted by molar-refractivity contribution is 0.0756. The minimum Gasteiger partial charge on any atom is -0.386 e. The summed E-state index contributed by atoms with van der Waals surface area (Å²) < 4.78 is 0. The van der Waals surface area contributed by atoms with Crippen molar-refractivity contribution in [3.8, 4) is 0 Å². The summed E-state index contributed by atoms with van der Waals surface area (Å²) in [6.07, 6.45) is 3.43. The summed E-state index contributed by atoms with van der Waals surface area (Å²) in [5.74, 6) is 0.954. The number of aromatic nitrogens is 2. The van der Waals surface area contributed by atoms with Gasteiger partial charge < -0.3 is 10.0 Å². The van der Waals surface area contributed by atoms with Gasteiger partial charge in [0.25, 0.3) is 5.24 Å². The highest BCUT2D eigenvalue weighted by Gasteiger charge is 2.30. The Bertz CT molecular complexity index is 766. The van der Waals surface area contributed by atoms with Gasteiger partial charge >= 0.3 is 0 Å². The number of carbonyl (C=O) groups excluding carboxylic acids is 1. The first-order chi connectivity index (χ1) is 12.3. The third kappa shape index (κ3) is 4.43. The van der Waals surface area contributed by atoms with Crippen LogP contribution in [0.3, 0.4) is 0 Å². The molecule has 1 N–H and O–H groups in total. The Kier molecular flexibility index (Phi) is 5.63. The molecule has 2 aromatic rings. The van der Waals surface area contributed by atoms with E-state index in [1.165, 1.54) is 11.8 Å². The molecule has 6 heteroatoms. The van der Waals surface area contributed by atoms with Gasteiger partial charge in [-0.15, -0.1) is 0 Å². The number of piperidine rings is 1. The molecule has 1 saturated heterocycles. The summed E-state index contributed by atoms with van der Waals surface area (Å²) in [7, 11) is 0. The Hall–Kier alpha value is -1.92. The van der Waals surface area contributed by atoms with Gasteiger partial charge in [-0.1, -0.05) is 18.2 Å². The maximum Gasteiger partial charge on any atom is 0.286 e. The molecule has 3 rings (SSSR count). The first kappa shape index (κ1) is 18.9. The van der Waals surface area contributed by atoms with Gasteiger partial charge in [0.2, 0.25) is 0 Å². The van der Waals surface area contributed by atoms with Gasteiger partial charge in [-0.3, -0.25) is 4.79 Å². The van der Waals surface area contributed by atoms with E-state index in [-0.39, 0.29) is 11.2 Å². The number of hydrogen-bond acceptors (Lipinski definition) is 5. The van der Waals surface area contributed by atoms with Crippen LogP contribution in [0, 0.1) is 6.92 Å². The zero-order valence-corrected chi connectivity index (χ0v) is 16.3. The number of rotatable bonds is 3. The van der Waals surface area contributed by atoms with Crippen LogP contribution in [0.5, 0.6) is 0 Å². The normalized spacial score (nSPS) is 15.9. The average Bonchev–Trinajstić information content (AvgIpc) is 2.61. The molecule has 1 aromatic carbocycles. The molecule has 0 unspecified atom stereocenters. The van der Waals surface area contributed by atoms with Crippen molar-refractivity contribution in [2.45, 2.75) is 50.0 Å². The minimum atomic E-state index is -0.973. The summed E-state index contributed by atoms with van der Waals surface area (Å²) in [6.45, 7) is 6.81. The van der Waals surface area contributed by atoms with Crippen LogP contribution in [0.25, 0.3) is 0 Å². The average molecular weight is 372 g/mol. The Morgan fingerprint density at radius 3 is 2.50 bits per heavy atom. The van der Waals surface area contributed by atoms with Crippen LogP contribution < -0.4 is 0 Å². The van der Waals surface area contributed by atoms with Crippen LogP contribution in [0.1, 0.15) is 49.7 Å². The maximum absolute atomic E-state index is 12.5. The molecule has 2 heterocycles. The molecule has 0 radical (unpaired) electrons. The van der Waals surface area contributed by atoms with Crippen LogP contribution in [0.2, 0.25) is 0 Å². The predicted octanol–water partition coefficient (Wildman–Crippen LogP) is 4.10. The van der Waals surface area contributed by atoms with Crippen LogP contribution in [0.15, 0.2) is 41.4 Å². The van der Waals surface area contributed by atoms with Crippen LogP contribution >= 0.6 is 11.8 Å². The minimum absolute atomic E-state index is 0.0937. The standard InChI is InChI=1S/C20H25N3O2S/c1-14-21-13-17(20(2,3)25)18(22-14)15-9-11-23(12-10-15)19(24)26-16-7-5-4-6-8-16/h4-8,13,15,25H,9-12H2,1-3H3. The van der Waals surface area contributed by atoms with Crippen molar-refractivity contribution in [2.24, 2.45) is 0 Å².